The van der Waals surface area contributed by atoms with E-state index in [2.05, 4.69) is 12.2 Å². The van der Waals surface area contributed by atoms with Crippen LogP contribution < -0.4 is 5.32 Å². The summed E-state index contributed by atoms with van der Waals surface area (Å²) in [6.07, 6.45) is 2.52. The molecule has 0 saturated heterocycles. The molecule has 84 valence electrons. The Morgan fingerprint density at radius 1 is 1.36 bits per heavy atom. The van der Waals surface area contributed by atoms with Gasteiger partial charge < -0.3 is 10.1 Å². The van der Waals surface area contributed by atoms with Gasteiger partial charge >= 0.3 is 5.97 Å². The van der Waals surface area contributed by atoms with Crippen molar-refractivity contribution in [2.45, 2.75) is 59.1 Å². The Labute approximate surface area is 87.2 Å². The second-order valence-electron chi connectivity index (χ2n) is 3.75. The highest BCUT2D eigenvalue weighted by atomic mass is 16.5. The van der Waals surface area contributed by atoms with Gasteiger partial charge in [0, 0.05) is 6.04 Å². The van der Waals surface area contributed by atoms with Crippen LogP contribution in [0.15, 0.2) is 0 Å². The number of hydrogen-bond donors (Lipinski definition) is 1. The van der Waals surface area contributed by atoms with Crippen LogP contribution in [0, 0.1) is 0 Å². The molecular weight excluding hydrogens is 178 g/mol. The van der Waals surface area contributed by atoms with Crippen molar-refractivity contribution >= 4 is 5.97 Å². The summed E-state index contributed by atoms with van der Waals surface area (Å²) < 4.78 is 5.23. The topological polar surface area (TPSA) is 38.3 Å². The molecule has 2 atom stereocenters. The molecule has 0 spiro atoms. The lowest BCUT2D eigenvalue weighted by Gasteiger charge is -2.15. The van der Waals surface area contributed by atoms with Crippen molar-refractivity contribution in [1.82, 2.24) is 5.32 Å². The van der Waals surface area contributed by atoms with Crippen molar-refractivity contribution in [2.24, 2.45) is 0 Å². The Hall–Kier alpha value is -0.570. The monoisotopic (exact) mass is 201 g/mol. The predicted octanol–water partition coefficient (Wildman–Crippen LogP) is 2.11. The van der Waals surface area contributed by atoms with E-state index in [0.29, 0.717) is 6.42 Å². The van der Waals surface area contributed by atoms with Crippen LogP contribution in [0.1, 0.15) is 47.0 Å². The van der Waals surface area contributed by atoms with Crippen LogP contribution in [0.5, 0.6) is 0 Å². The van der Waals surface area contributed by atoms with Crippen LogP contribution in [0.25, 0.3) is 0 Å². The summed E-state index contributed by atoms with van der Waals surface area (Å²) in [4.78, 5) is 11.4. The molecule has 1 N–H and O–H groups in total. The lowest BCUT2D eigenvalue weighted by molar-refractivity contribution is -0.149. The van der Waals surface area contributed by atoms with Gasteiger partial charge in [0.2, 0.25) is 0 Å². The van der Waals surface area contributed by atoms with Crippen molar-refractivity contribution in [1.29, 1.82) is 0 Å². The molecule has 14 heavy (non-hydrogen) atoms. The summed E-state index contributed by atoms with van der Waals surface area (Å²) in [5.74, 6) is -0.0978. The molecule has 3 nitrogen and oxygen atoms in total. The summed E-state index contributed by atoms with van der Waals surface area (Å²) in [6.45, 7) is 8.95. The minimum absolute atomic E-state index is 0.0568. The average Bonchev–Trinajstić information content (AvgIpc) is 2.03. The molecule has 0 aromatic heterocycles. The summed E-state index contributed by atoms with van der Waals surface area (Å²) in [5, 5.41) is 3.18. The lowest BCUT2D eigenvalue weighted by Crippen LogP contribution is -2.29. The highest BCUT2D eigenvalue weighted by Gasteiger charge is 2.11. The zero-order valence-corrected chi connectivity index (χ0v) is 9.80. The van der Waals surface area contributed by atoms with Crippen molar-refractivity contribution < 1.29 is 9.53 Å². The first-order valence-corrected chi connectivity index (χ1v) is 5.53. The third kappa shape index (κ3) is 6.89. The highest BCUT2D eigenvalue weighted by Crippen LogP contribution is 2.03. The van der Waals surface area contributed by atoms with E-state index in [0.717, 1.165) is 19.4 Å². The molecule has 0 aromatic carbocycles. The number of rotatable bonds is 7. The molecule has 0 heterocycles. The van der Waals surface area contributed by atoms with Crippen molar-refractivity contribution in [3.8, 4) is 0 Å². The first kappa shape index (κ1) is 13.4. The van der Waals surface area contributed by atoms with Crippen LogP contribution in [0.2, 0.25) is 0 Å². The van der Waals surface area contributed by atoms with Gasteiger partial charge in [-0.2, -0.15) is 0 Å². The fraction of sp³-hybridized carbons (Fsp3) is 0.909. The third-order valence-corrected chi connectivity index (χ3v) is 2.05. The molecule has 2 unspecified atom stereocenters. The minimum Gasteiger partial charge on any atom is -0.463 e. The SMILES string of the molecule is CCCC(C)OC(=O)CC(C)NCC. The second kappa shape index (κ2) is 7.80. The molecule has 0 radical (unpaired) electrons. The van der Waals surface area contributed by atoms with E-state index in [1.165, 1.54) is 0 Å². The number of esters is 1. The van der Waals surface area contributed by atoms with Crippen molar-refractivity contribution in [2.75, 3.05) is 6.54 Å². The number of carbonyl (C=O) groups excluding carboxylic acids is 1. The zero-order chi connectivity index (χ0) is 11.0. The summed E-state index contributed by atoms with van der Waals surface area (Å²) in [7, 11) is 0. The van der Waals surface area contributed by atoms with Gasteiger partial charge in [-0.25, -0.2) is 0 Å². The van der Waals surface area contributed by atoms with Gasteiger partial charge in [0.05, 0.1) is 12.5 Å². The third-order valence-electron chi connectivity index (χ3n) is 2.05. The van der Waals surface area contributed by atoms with E-state index in [4.69, 9.17) is 4.74 Å². The Bertz CT molecular complexity index is 143. The molecule has 0 aliphatic rings. The van der Waals surface area contributed by atoms with Gasteiger partial charge in [-0.3, -0.25) is 4.79 Å². The number of carbonyl (C=O) groups is 1. The summed E-state index contributed by atoms with van der Waals surface area (Å²) in [6, 6.07) is 0.210. The highest BCUT2D eigenvalue weighted by molar-refractivity contribution is 5.70. The maximum atomic E-state index is 11.4. The fourth-order valence-corrected chi connectivity index (χ4v) is 1.41. The van der Waals surface area contributed by atoms with Crippen LogP contribution in [0.4, 0.5) is 0 Å². The molecule has 0 amide bonds. The normalized spacial score (nSPS) is 14.9. The molecule has 0 rings (SSSR count). The minimum atomic E-state index is -0.0978. The number of hydrogen-bond acceptors (Lipinski definition) is 3. The quantitative estimate of drug-likeness (QED) is 0.641. The van der Waals surface area contributed by atoms with E-state index in [1.807, 2.05) is 20.8 Å². The molecule has 3 heteroatoms. The first-order valence-electron chi connectivity index (χ1n) is 5.53. The smallest absolute Gasteiger partial charge is 0.307 e. The number of nitrogens with one attached hydrogen (secondary N) is 1. The van der Waals surface area contributed by atoms with Crippen LogP contribution in [-0.4, -0.2) is 24.7 Å². The van der Waals surface area contributed by atoms with E-state index in [1.54, 1.807) is 0 Å². The van der Waals surface area contributed by atoms with Gasteiger partial charge in [0.25, 0.3) is 0 Å². The summed E-state index contributed by atoms with van der Waals surface area (Å²) in [5.41, 5.74) is 0. The Balaban J connectivity index is 3.63. The van der Waals surface area contributed by atoms with Crippen molar-refractivity contribution in [3.63, 3.8) is 0 Å². The standard InChI is InChI=1S/C11H23NO2/c1-5-7-10(4)14-11(13)8-9(3)12-6-2/h9-10,12H,5-8H2,1-4H3. The van der Waals surface area contributed by atoms with E-state index in [9.17, 15) is 4.79 Å². The van der Waals surface area contributed by atoms with E-state index < -0.39 is 0 Å². The van der Waals surface area contributed by atoms with Gasteiger partial charge in [-0.05, 0) is 26.8 Å². The van der Waals surface area contributed by atoms with Crippen LogP contribution in [0.3, 0.4) is 0 Å². The van der Waals surface area contributed by atoms with Gasteiger partial charge in [-0.1, -0.05) is 20.3 Å². The molecule has 0 saturated carbocycles. The van der Waals surface area contributed by atoms with Crippen molar-refractivity contribution in [3.05, 3.63) is 0 Å². The molecule has 0 fully saturated rings. The molecule has 0 aromatic rings. The summed E-state index contributed by atoms with van der Waals surface area (Å²) >= 11 is 0. The van der Waals surface area contributed by atoms with Gasteiger partial charge in [0.1, 0.15) is 0 Å². The van der Waals surface area contributed by atoms with Gasteiger partial charge in [0.15, 0.2) is 0 Å². The maximum absolute atomic E-state index is 11.4. The number of ether oxygens (including phenoxy) is 1. The molecule has 0 aliphatic carbocycles. The predicted molar refractivity (Wildman–Crippen MR) is 58.2 cm³/mol. The van der Waals surface area contributed by atoms with E-state index >= 15 is 0 Å². The Kier molecular flexibility index (Phi) is 7.48. The lowest BCUT2D eigenvalue weighted by atomic mass is 10.2. The zero-order valence-electron chi connectivity index (χ0n) is 9.80. The van der Waals surface area contributed by atoms with Crippen LogP contribution in [-0.2, 0) is 9.53 Å². The Morgan fingerprint density at radius 2 is 2.00 bits per heavy atom. The maximum Gasteiger partial charge on any atom is 0.307 e. The molecular formula is C11H23NO2. The molecule has 0 bridgehead atoms. The first-order chi connectivity index (χ1) is 6.60. The van der Waals surface area contributed by atoms with Crippen LogP contribution >= 0.6 is 0 Å². The van der Waals surface area contributed by atoms with Gasteiger partial charge in [-0.15, -0.1) is 0 Å². The Morgan fingerprint density at radius 3 is 2.50 bits per heavy atom. The second-order valence-corrected chi connectivity index (χ2v) is 3.75. The fourth-order valence-electron chi connectivity index (χ4n) is 1.41. The largest absolute Gasteiger partial charge is 0.463 e. The van der Waals surface area contributed by atoms with E-state index in [-0.39, 0.29) is 18.1 Å². The average molecular weight is 201 g/mol. The molecule has 0 aliphatic heterocycles.